The van der Waals surface area contributed by atoms with Gasteiger partial charge in [-0.3, -0.25) is 9.58 Å². The Hall–Kier alpha value is -0.870. The van der Waals surface area contributed by atoms with Gasteiger partial charge in [-0.1, -0.05) is 19.3 Å². The number of aromatic nitrogens is 2. The number of nitrogens with zero attached hydrogens (tertiary/aromatic N) is 3. The number of hydrogen-bond acceptors (Lipinski definition) is 3. The first-order valence-electron chi connectivity index (χ1n) is 7.72. The lowest BCUT2D eigenvalue weighted by molar-refractivity contribution is 0.0456. The van der Waals surface area contributed by atoms with Crippen molar-refractivity contribution in [2.45, 2.75) is 56.5 Å². The zero-order valence-electron chi connectivity index (χ0n) is 12.0. The van der Waals surface area contributed by atoms with Crippen molar-refractivity contribution in [3.63, 3.8) is 0 Å². The largest absolute Gasteiger partial charge is 0.321 e. The fourth-order valence-corrected chi connectivity index (χ4v) is 4.11. The molecule has 1 aromatic rings. The van der Waals surface area contributed by atoms with E-state index in [1.54, 1.807) is 0 Å². The first-order valence-corrected chi connectivity index (χ1v) is 7.72. The molecule has 4 nitrogen and oxygen atoms in total. The van der Waals surface area contributed by atoms with Gasteiger partial charge in [-0.15, -0.1) is 0 Å². The summed E-state index contributed by atoms with van der Waals surface area (Å²) in [6.45, 7) is 2.46. The fourth-order valence-electron chi connectivity index (χ4n) is 4.11. The first-order chi connectivity index (χ1) is 9.24. The van der Waals surface area contributed by atoms with Crippen LogP contribution in [0.1, 0.15) is 56.7 Å². The second-order valence-electron chi connectivity index (χ2n) is 6.22. The third-order valence-electron chi connectivity index (χ3n) is 5.21. The quantitative estimate of drug-likeness (QED) is 0.908. The molecule has 1 aliphatic heterocycles. The molecule has 1 aliphatic carbocycles. The van der Waals surface area contributed by atoms with Crippen LogP contribution in [0.2, 0.25) is 0 Å². The van der Waals surface area contributed by atoms with Crippen LogP contribution in [0.15, 0.2) is 12.3 Å². The molecule has 0 amide bonds. The van der Waals surface area contributed by atoms with E-state index in [2.05, 4.69) is 16.1 Å². The van der Waals surface area contributed by atoms with Gasteiger partial charge < -0.3 is 5.73 Å². The van der Waals surface area contributed by atoms with Gasteiger partial charge in [0.2, 0.25) is 0 Å². The van der Waals surface area contributed by atoms with Crippen LogP contribution in [0, 0.1) is 0 Å². The van der Waals surface area contributed by atoms with Gasteiger partial charge in [0, 0.05) is 18.8 Å². The van der Waals surface area contributed by atoms with E-state index in [9.17, 15) is 0 Å². The van der Waals surface area contributed by atoms with E-state index >= 15 is 0 Å². The molecule has 1 saturated heterocycles. The topological polar surface area (TPSA) is 47.1 Å². The molecule has 1 atom stereocenters. The molecule has 2 aliphatic rings. The number of nitrogens with two attached hydrogens (primary N) is 1. The molecule has 1 saturated carbocycles. The molecule has 1 aromatic heterocycles. The molecule has 0 aromatic carbocycles. The molecule has 0 spiro atoms. The molecule has 2 heterocycles. The minimum atomic E-state index is 0.0978. The Balaban J connectivity index is 1.89. The summed E-state index contributed by atoms with van der Waals surface area (Å²) in [7, 11) is 2.01. The SMILES string of the molecule is Cn1nccc1C(N)C1(N2CCCCC2)CCCC1. The standard InChI is InChI=1S/C15H26N4/c1-18-13(7-10-17-18)14(16)15(8-3-4-9-15)19-11-5-2-6-12-19/h7,10,14H,2-6,8-9,11-12,16H2,1H3. The molecule has 106 valence electrons. The van der Waals surface area contributed by atoms with Gasteiger partial charge in [-0.2, -0.15) is 5.10 Å². The van der Waals surface area contributed by atoms with E-state index in [1.807, 2.05) is 17.9 Å². The number of piperidine rings is 1. The zero-order valence-corrected chi connectivity index (χ0v) is 12.0. The Labute approximate surface area is 116 Å². The van der Waals surface area contributed by atoms with Gasteiger partial charge >= 0.3 is 0 Å². The number of likely N-dealkylation sites (tertiary alicyclic amines) is 1. The highest BCUT2D eigenvalue weighted by atomic mass is 15.3. The summed E-state index contributed by atoms with van der Waals surface area (Å²) in [5, 5.41) is 4.30. The van der Waals surface area contributed by atoms with Crippen LogP contribution in [-0.2, 0) is 7.05 Å². The van der Waals surface area contributed by atoms with Gasteiger partial charge in [0.05, 0.1) is 11.7 Å². The maximum atomic E-state index is 6.71. The van der Waals surface area contributed by atoms with Crippen LogP contribution < -0.4 is 5.73 Å². The zero-order chi connectivity index (χ0) is 13.3. The second-order valence-corrected chi connectivity index (χ2v) is 6.22. The minimum Gasteiger partial charge on any atom is -0.321 e. The second kappa shape index (κ2) is 5.25. The summed E-state index contributed by atoms with van der Waals surface area (Å²) in [6, 6.07) is 2.19. The Kier molecular flexibility index (Phi) is 3.63. The lowest BCUT2D eigenvalue weighted by Gasteiger charge is -2.47. The average molecular weight is 262 g/mol. The summed E-state index contributed by atoms with van der Waals surface area (Å²) in [5.41, 5.74) is 8.09. The smallest absolute Gasteiger partial charge is 0.0653 e. The first kappa shape index (κ1) is 13.1. The molecule has 2 fully saturated rings. The van der Waals surface area contributed by atoms with Crippen LogP contribution in [0.3, 0.4) is 0 Å². The fraction of sp³-hybridized carbons (Fsp3) is 0.800. The highest BCUT2D eigenvalue weighted by molar-refractivity contribution is 5.16. The summed E-state index contributed by atoms with van der Waals surface area (Å²) in [4.78, 5) is 2.70. The van der Waals surface area contributed by atoms with Crippen LogP contribution >= 0.6 is 0 Å². The summed E-state index contributed by atoms with van der Waals surface area (Å²) < 4.78 is 1.95. The van der Waals surface area contributed by atoms with Crippen LogP contribution in [0.5, 0.6) is 0 Å². The Morgan fingerprint density at radius 3 is 2.42 bits per heavy atom. The Morgan fingerprint density at radius 1 is 1.16 bits per heavy atom. The number of aryl methyl sites for hydroxylation is 1. The van der Waals surface area contributed by atoms with Gasteiger partial charge in [-0.05, 0) is 44.8 Å². The van der Waals surface area contributed by atoms with E-state index in [0.717, 1.165) is 0 Å². The summed E-state index contributed by atoms with van der Waals surface area (Å²) in [6.07, 6.45) is 11.1. The summed E-state index contributed by atoms with van der Waals surface area (Å²) >= 11 is 0. The van der Waals surface area contributed by atoms with E-state index in [-0.39, 0.29) is 11.6 Å². The highest BCUT2D eigenvalue weighted by Gasteiger charge is 2.45. The lowest BCUT2D eigenvalue weighted by Crippen LogP contribution is -2.55. The molecule has 0 radical (unpaired) electrons. The van der Waals surface area contributed by atoms with Crippen molar-refractivity contribution >= 4 is 0 Å². The van der Waals surface area contributed by atoms with E-state index in [4.69, 9.17) is 5.73 Å². The maximum absolute atomic E-state index is 6.71. The van der Waals surface area contributed by atoms with Crippen molar-refractivity contribution in [2.24, 2.45) is 12.8 Å². The van der Waals surface area contributed by atoms with E-state index in [0.29, 0.717) is 0 Å². The van der Waals surface area contributed by atoms with Crippen molar-refractivity contribution in [3.05, 3.63) is 18.0 Å². The average Bonchev–Trinajstić information content (AvgIpc) is 3.08. The molecule has 2 N–H and O–H groups in total. The lowest BCUT2D eigenvalue weighted by atomic mass is 9.83. The minimum absolute atomic E-state index is 0.0978. The molecule has 1 unspecified atom stereocenters. The molecular formula is C15H26N4. The molecule has 19 heavy (non-hydrogen) atoms. The number of hydrogen-bond donors (Lipinski definition) is 1. The highest BCUT2D eigenvalue weighted by Crippen LogP contribution is 2.44. The van der Waals surface area contributed by atoms with Crippen LogP contribution in [0.4, 0.5) is 0 Å². The predicted molar refractivity (Wildman–Crippen MR) is 76.8 cm³/mol. The van der Waals surface area contributed by atoms with Crippen molar-refractivity contribution in [2.75, 3.05) is 13.1 Å². The molecule has 3 rings (SSSR count). The van der Waals surface area contributed by atoms with Crippen molar-refractivity contribution < 1.29 is 0 Å². The van der Waals surface area contributed by atoms with E-state index < -0.39 is 0 Å². The van der Waals surface area contributed by atoms with Gasteiger partial charge in [0.15, 0.2) is 0 Å². The van der Waals surface area contributed by atoms with E-state index in [1.165, 1.54) is 63.7 Å². The predicted octanol–water partition coefficient (Wildman–Crippen LogP) is 2.22. The molecule has 0 bridgehead atoms. The van der Waals surface area contributed by atoms with Gasteiger partial charge in [-0.25, -0.2) is 0 Å². The third-order valence-corrected chi connectivity index (χ3v) is 5.21. The van der Waals surface area contributed by atoms with Crippen molar-refractivity contribution in [1.82, 2.24) is 14.7 Å². The van der Waals surface area contributed by atoms with Crippen LogP contribution in [-0.4, -0.2) is 33.3 Å². The van der Waals surface area contributed by atoms with Crippen molar-refractivity contribution in [1.29, 1.82) is 0 Å². The third kappa shape index (κ3) is 2.21. The number of rotatable bonds is 3. The molecular weight excluding hydrogens is 236 g/mol. The summed E-state index contributed by atoms with van der Waals surface area (Å²) in [5.74, 6) is 0. The van der Waals surface area contributed by atoms with Gasteiger partial charge in [0.25, 0.3) is 0 Å². The Bertz CT molecular complexity index is 414. The van der Waals surface area contributed by atoms with Crippen molar-refractivity contribution in [3.8, 4) is 0 Å². The molecule has 4 heteroatoms. The normalized spacial score (nSPS) is 25.6. The monoisotopic (exact) mass is 262 g/mol. The Morgan fingerprint density at radius 2 is 1.84 bits per heavy atom. The van der Waals surface area contributed by atoms with Crippen LogP contribution in [0.25, 0.3) is 0 Å². The van der Waals surface area contributed by atoms with Gasteiger partial charge in [0.1, 0.15) is 0 Å². The maximum Gasteiger partial charge on any atom is 0.0653 e.